The van der Waals surface area contributed by atoms with Crippen LogP contribution in [0.2, 0.25) is 0 Å². The summed E-state index contributed by atoms with van der Waals surface area (Å²) in [5.41, 5.74) is 6.75. The number of carbonyl (C=O) groups is 1. The summed E-state index contributed by atoms with van der Waals surface area (Å²) in [5, 5.41) is 0. The van der Waals surface area contributed by atoms with E-state index in [1.807, 2.05) is 4.90 Å². The van der Waals surface area contributed by atoms with E-state index < -0.39 is 0 Å². The molecule has 1 aromatic heterocycles. The topological polar surface area (TPSA) is 72.1 Å². The molecule has 1 aromatic rings. The van der Waals surface area contributed by atoms with Crippen molar-refractivity contribution in [2.24, 2.45) is 5.73 Å². The Bertz CT molecular complexity index is 480. The summed E-state index contributed by atoms with van der Waals surface area (Å²) in [5.74, 6) is 0.181. The first-order chi connectivity index (χ1) is 9.72. The number of hydrogen-bond donors (Lipinski definition) is 1. The molecule has 0 atom stereocenters. The van der Waals surface area contributed by atoms with Crippen LogP contribution in [-0.2, 0) is 11.2 Å². The lowest BCUT2D eigenvalue weighted by atomic mass is 9.77. The van der Waals surface area contributed by atoms with Crippen LogP contribution >= 0.6 is 0 Å². The van der Waals surface area contributed by atoms with Gasteiger partial charge in [-0.15, -0.1) is 0 Å². The lowest BCUT2D eigenvalue weighted by Gasteiger charge is -2.54. The monoisotopic (exact) mass is 290 g/mol. The van der Waals surface area contributed by atoms with Gasteiger partial charge < -0.3 is 10.6 Å². The van der Waals surface area contributed by atoms with E-state index in [1.165, 1.54) is 6.33 Å². The zero-order valence-corrected chi connectivity index (χ0v) is 13.5. The van der Waals surface area contributed by atoms with Gasteiger partial charge in [0.1, 0.15) is 6.33 Å². The van der Waals surface area contributed by atoms with Crippen molar-refractivity contribution >= 4 is 5.91 Å². The first kappa shape index (κ1) is 15.9. The summed E-state index contributed by atoms with van der Waals surface area (Å²) in [6.45, 7) is 8.43. The smallest absolute Gasteiger partial charge is 0.223 e. The van der Waals surface area contributed by atoms with Crippen molar-refractivity contribution < 1.29 is 4.79 Å². The Hall–Kier alpha value is -1.49. The SMILES string of the molecule is CC1(C)CC(N)CC(C)(C)N1C(=O)CCc1cncnc1. The lowest BCUT2D eigenvalue weighted by Crippen LogP contribution is -2.65. The average Bonchev–Trinajstić information content (AvgIpc) is 2.34. The van der Waals surface area contributed by atoms with Crippen LogP contribution in [0.4, 0.5) is 0 Å². The zero-order chi connectivity index (χ0) is 15.7. The van der Waals surface area contributed by atoms with E-state index in [0.29, 0.717) is 12.8 Å². The highest BCUT2D eigenvalue weighted by Gasteiger charge is 2.46. The number of aromatic nitrogens is 2. The summed E-state index contributed by atoms with van der Waals surface area (Å²) >= 11 is 0. The minimum Gasteiger partial charge on any atom is -0.332 e. The van der Waals surface area contributed by atoms with Gasteiger partial charge in [-0.2, -0.15) is 0 Å². The highest BCUT2D eigenvalue weighted by Crippen LogP contribution is 2.38. The predicted octanol–water partition coefficient (Wildman–Crippen LogP) is 1.92. The van der Waals surface area contributed by atoms with E-state index in [-0.39, 0.29) is 23.0 Å². The molecule has 21 heavy (non-hydrogen) atoms. The van der Waals surface area contributed by atoms with Crippen molar-refractivity contribution in [3.05, 3.63) is 24.3 Å². The highest BCUT2D eigenvalue weighted by molar-refractivity contribution is 5.78. The van der Waals surface area contributed by atoms with E-state index in [9.17, 15) is 4.79 Å². The van der Waals surface area contributed by atoms with Crippen LogP contribution in [0.3, 0.4) is 0 Å². The van der Waals surface area contributed by atoms with Gasteiger partial charge in [-0.3, -0.25) is 4.79 Å². The molecule has 0 spiro atoms. The Morgan fingerprint density at radius 1 is 1.24 bits per heavy atom. The molecule has 5 heteroatoms. The fraction of sp³-hybridized carbons (Fsp3) is 0.688. The van der Waals surface area contributed by atoms with Gasteiger partial charge in [-0.25, -0.2) is 9.97 Å². The standard InChI is InChI=1S/C16H26N4O/c1-15(2)7-13(17)8-16(3,4)20(15)14(21)6-5-12-9-18-11-19-10-12/h9-11,13H,5-8,17H2,1-4H3. The van der Waals surface area contributed by atoms with E-state index >= 15 is 0 Å². The molecule has 0 bridgehead atoms. The fourth-order valence-corrected chi connectivity index (χ4v) is 3.85. The van der Waals surface area contributed by atoms with E-state index in [0.717, 1.165) is 18.4 Å². The Labute approximate surface area is 127 Å². The molecule has 0 unspecified atom stereocenters. The quantitative estimate of drug-likeness (QED) is 0.923. The Morgan fingerprint density at radius 2 is 1.76 bits per heavy atom. The highest BCUT2D eigenvalue weighted by atomic mass is 16.2. The minimum absolute atomic E-state index is 0.154. The van der Waals surface area contributed by atoms with Gasteiger partial charge in [0.15, 0.2) is 0 Å². The number of amides is 1. The molecule has 1 amide bonds. The molecule has 1 saturated heterocycles. The van der Waals surface area contributed by atoms with Crippen molar-refractivity contribution in [3.8, 4) is 0 Å². The van der Waals surface area contributed by atoms with Crippen molar-refractivity contribution in [2.45, 2.75) is 70.5 Å². The van der Waals surface area contributed by atoms with Crippen molar-refractivity contribution in [1.82, 2.24) is 14.9 Å². The van der Waals surface area contributed by atoms with Gasteiger partial charge >= 0.3 is 0 Å². The fourth-order valence-electron chi connectivity index (χ4n) is 3.85. The molecule has 1 fully saturated rings. The van der Waals surface area contributed by atoms with E-state index in [2.05, 4.69) is 37.7 Å². The summed E-state index contributed by atoms with van der Waals surface area (Å²) in [6.07, 6.45) is 7.88. The predicted molar refractivity (Wildman–Crippen MR) is 82.6 cm³/mol. The maximum Gasteiger partial charge on any atom is 0.223 e. The number of piperidine rings is 1. The molecule has 0 radical (unpaired) electrons. The second-order valence-electron chi connectivity index (χ2n) is 7.27. The van der Waals surface area contributed by atoms with Gasteiger partial charge in [0.2, 0.25) is 5.91 Å². The number of rotatable bonds is 3. The number of hydrogen-bond acceptors (Lipinski definition) is 4. The molecule has 5 nitrogen and oxygen atoms in total. The molecule has 2 heterocycles. The first-order valence-corrected chi connectivity index (χ1v) is 7.55. The molecule has 2 rings (SSSR count). The van der Waals surface area contributed by atoms with Crippen LogP contribution in [0.15, 0.2) is 18.7 Å². The van der Waals surface area contributed by atoms with E-state index in [1.54, 1.807) is 12.4 Å². The third-order valence-corrected chi connectivity index (χ3v) is 4.23. The lowest BCUT2D eigenvalue weighted by molar-refractivity contribution is -0.149. The first-order valence-electron chi connectivity index (χ1n) is 7.55. The molecule has 0 aromatic carbocycles. The Kier molecular flexibility index (Phi) is 4.33. The van der Waals surface area contributed by atoms with Crippen LogP contribution in [-0.4, -0.2) is 37.9 Å². The second-order valence-corrected chi connectivity index (χ2v) is 7.27. The van der Waals surface area contributed by atoms with Crippen LogP contribution in [0, 0.1) is 0 Å². The van der Waals surface area contributed by atoms with Gasteiger partial charge in [-0.05, 0) is 52.5 Å². The summed E-state index contributed by atoms with van der Waals surface area (Å²) in [7, 11) is 0. The maximum atomic E-state index is 12.8. The molecule has 2 N–H and O–H groups in total. The zero-order valence-electron chi connectivity index (χ0n) is 13.5. The molecular weight excluding hydrogens is 264 g/mol. The molecule has 0 aliphatic carbocycles. The van der Waals surface area contributed by atoms with Gasteiger partial charge in [-0.1, -0.05) is 0 Å². The number of likely N-dealkylation sites (tertiary alicyclic amines) is 1. The molecule has 0 saturated carbocycles. The number of carbonyl (C=O) groups excluding carboxylic acids is 1. The van der Waals surface area contributed by atoms with Crippen LogP contribution in [0.5, 0.6) is 0 Å². The third kappa shape index (κ3) is 3.59. The average molecular weight is 290 g/mol. The van der Waals surface area contributed by atoms with Crippen molar-refractivity contribution in [1.29, 1.82) is 0 Å². The Morgan fingerprint density at radius 3 is 2.29 bits per heavy atom. The summed E-state index contributed by atoms with van der Waals surface area (Å²) in [4.78, 5) is 22.8. The minimum atomic E-state index is -0.203. The molecule has 1 aliphatic rings. The maximum absolute atomic E-state index is 12.8. The van der Waals surface area contributed by atoms with Crippen LogP contribution in [0.1, 0.15) is 52.5 Å². The molecular formula is C16H26N4O. The Balaban J connectivity index is 2.09. The summed E-state index contributed by atoms with van der Waals surface area (Å²) < 4.78 is 0. The summed E-state index contributed by atoms with van der Waals surface area (Å²) in [6, 6.07) is 0.154. The number of aryl methyl sites for hydroxylation is 1. The van der Waals surface area contributed by atoms with Crippen molar-refractivity contribution in [3.63, 3.8) is 0 Å². The molecule has 1 aliphatic heterocycles. The number of nitrogens with two attached hydrogens (primary N) is 1. The van der Waals surface area contributed by atoms with E-state index in [4.69, 9.17) is 5.73 Å². The van der Waals surface area contributed by atoms with Gasteiger partial charge in [0.25, 0.3) is 0 Å². The second kappa shape index (κ2) is 5.72. The largest absolute Gasteiger partial charge is 0.332 e. The normalized spacial score (nSPS) is 21.3. The molecule has 116 valence electrons. The number of nitrogens with zero attached hydrogens (tertiary/aromatic N) is 3. The van der Waals surface area contributed by atoms with Gasteiger partial charge in [0.05, 0.1) is 0 Å². The van der Waals surface area contributed by atoms with Crippen molar-refractivity contribution in [2.75, 3.05) is 0 Å². The third-order valence-electron chi connectivity index (χ3n) is 4.23. The van der Waals surface area contributed by atoms with Crippen LogP contribution < -0.4 is 5.73 Å². The van der Waals surface area contributed by atoms with Gasteiger partial charge in [0, 0.05) is 35.9 Å². The van der Waals surface area contributed by atoms with Crippen LogP contribution in [0.25, 0.3) is 0 Å².